The Kier molecular flexibility index (Phi) is 4.98. The number of imidazole rings is 1. The lowest BCUT2D eigenvalue weighted by Gasteiger charge is -2.37. The van der Waals surface area contributed by atoms with Crippen LogP contribution in [0.5, 0.6) is 0 Å². The van der Waals surface area contributed by atoms with Crippen LogP contribution in [0.1, 0.15) is 23.0 Å². The number of aromatic amines is 1. The first-order valence-corrected chi connectivity index (χ1v) is 9.39. The van der Waals surface area contributed by atoms with Gasteiger partial charge in [-0.25, -0.2) is 13.4 Å². The van der Waals surface area contributed by atoms with Crippen LogP contribution in [0.2, 0.25) is 0 Å². The lowest BCUT2D eigenvalue weighted by Crippen LogP contribution is -2.49. The summed E-state index contributed by atoms with van der Waals surface area (Å²) in [5.41, 5.74) is -1.59. The Morgan fingerprint density at radius 2 is 2.07 bits per heavy atom. The van der Waals surface area contributed by atoms with Crippen molar-refractivity contribution in [1.29, 1.82) is 5.26 Å². The van der Waals surface area contributed by atoms with E-state index in [1.54, 1.807) is 18.5 Å². The zero-order chi connectivity index (χ0) is 19.8. The molecule has 144 valence electrons. The smallest absolute Gasteiger partial charge is 0.347 e. The Bertz CT molecular complexity index is 967. The molecule has 2 aromatic rings. The van der Waals surface area contributed by atoms with Gasteiger partial charge in [-0.3, -0.25) is 4.90 Å². The molecule has 1 saturated heterocycles. The van der Waals surface area contributed by atoms with Gasteiger partial charge in [-0.05, 0) is 25.2 Å². The molecule has 11 heteroatoms. The molecule has 0 saturated carbocycles. The SMILES string of the molecule is CN1CCN(S(=O)(=O)c2ccc(C(F)(F)F)cc2C#N)C[C@@H]1c1ncc[nH]1. The van der Waals surface area contributed by atoms with Gasteiger partial charge in [0.2, 0.25) is 10.0 Å². The third-order valence-corrected chi connectivity index (χ3v) is 6.41. The average molecular weight is 399 g/mol. The number of piperazine rings is 1. The highest BCUT2D eigenvalue weighted by Crippen LogP contribution is 2.33. The van der Waals surface area contributed by atoms with Gasteiger partial charge in [0.1, 0.15) is 11.9 Å². The molecule has 0 radical (unpaired) electrons. The monoisotopic (exact) mass is 399 g/mol. The van der Waals surface area contributed by atoms with Crippen LogP contribution in [-0.2, 0) is 16.2 Å². The molecular formula is C16H16F3N5O2S. The van der Waals surface area contributed by atoms with Crippen LogP contribution >= 0.6 is 0 Å². The van der Waals surface area contributed by atoms with Gasteiger partial charge in [0, 0.05) is 32.0 Å². The molecule has 3 rings (SSSR count). The minimum absolute atomic E-state index is 0.0677. The fourth-order valence-electron chi connectivity index (χ4n) is 2.98. The number of hydrogen-bond acceptors (Lipinski definition) is 5. The molecule has 0 amide bonds. The quantitative estimate of drug-likeness (QED) is 0.852. The number of rotatable bonds is 3. The number of sulfonamides is 1. The summed E-state index contributed by atoms with van der Waals surface area (Å²) in [6.07, 6.45) is -1.48. The highest BCUT2D eigenvalue weighted by atomic mass is 32.2. The number of likely N-dealkylation sites (N-methyl/N-ethyl adjacent to an activating group) is 1. The number of hydrogen-bond donors (Lipinski definition) is 1. The summed E-state index contributed by atoms with van der Waals surface area (Å²) < 4.78 is 65.7. The first-order valence-electron chi connectivity index (χ1n) is 7.95. The normalized spacial score (nSPS) is 19.7. The van der Waals surface area contributed by atoms with Crippen molar-refractivity contribution >= 4 is 10.0 Å². The Morgan fingerprint density at radius 3 is 2.67 bits per heavy atom. The number of H-pyrrole nitrogens is 1. The van der Waals surface area contributed by atoms with Crippen molar-refractivity contribution in [3.05, 3.63) is 47.5 Å². The van der Waals surface area contributed by atoms with Gasteiger partial charge < -0.3 is 4.98 Å². The molecule has 0 spiro atoms. The molecule has 0 unspecified atom stereocenters. The van der Waals surface area contributed by atoms with E-state index < -0.39 is 32.2 Å². The number of nitrogens with one attached hydrogen (secondary N) is 1. The molecule has 1 aromatic heterocycles. The Balaban J connectivity index is 1.96. The predicted octanol–water partition coefficient (Wildman–Crippen LogP) is 1.98. The van der Waals surface area contributed by atoms with E-state index in [0.29, 0.717) is 24.5 Å². The Labute approximate surface area is 154 Å². The van der Waals surface area contributed by atoms with E-state index in [-0.39, 0.29) is 19.1 Å². The van der Waals surface area contributed by atoms with Gasteiger partial charge >= 0.3 is 6.18 Å². The van der Waals surface area contributed by atoms with Crippen molar-refractivity contribution in [3.8, 4) is 6.07 Å². The van der Waals surface area contributed by atoms with E-state index in [9.17, 15) is 26.9 Å². The number of alkyl halides is 3. The molecular weight excluding hydrogens is 383 g/mol. The fraction of sp³-hybridized carbons (Fsp3) is 0.375. The zero-order valence-electron chi connectivity index (χ0n) is 14.2. The van der Waals surface area contributed by atoms with Gasteiger partial charge in [-0.1, -0.05) is 0 Å². The second-order valence-corrected chi connectivity index (χ2v) is 8.06. The van der Waals surface area contributed by atoms with Crippen LogP contribution < -0.4 is 0 Å². The van der Waals surface area contributed by atoms with Crippen LogP contribution in [0.3, 0.4) is 0 Å². The third-order valence-electron chi connectivity index (χ3n) is 4.49. The predicted molar refractivity (Wildman–Crippen MR) is 88.9 cm³/mol. The maximum atomic E-state index is 13.0. The van der Waals surface area contributed by atoms with Crippen LogP contribution in [0.25, 0.3) is 0 Å². The summed E-state index contributed by atoms with van der Waals surface area (Å²) in [5, 5.41) is 9.19. The molecule has 7 nitrogen and oxygen atoms in total. The van der Waals surface area contributed by atoms with Crippen LogP contribution in [-0.4, -0.2) is 54.3 Å². The Morgan fingerprint density at radius 1 is 1.33 bits per heavy atom. The standard InChI is InChI=1S/C16H16F3N5O2S/c1-23-6-7-24(10-13(23)15-21-4-5-22-15)27(25,26)14-3-2-12(16(17,18)19)8-11(14)9-20/h2-5,8,13H,6-7,10H2,1H3,(H,21,22)/t13-/m1/s1. The van der Waals surface area contributed by atoms with E-state index >= 15 is 0 Å². The van der Waals surface area contributed by atoms with Crippen LogP contribution in [0.4, 0.5) is 13.2 Å². The van der Waals surface area contributed by atoms with Gasteiger partial charge in [0.15, 0.2) is 0 Å². The molecule has 1 atom stereocenters. The molecule has 1 N–H and O–H groups in total. The van der Waals surface area contributed by atoms with Crippen molar-refractivity contribution in [1.82, 2.24) is 19.2 Å². The summed E-state index contributed by atoms with van der Waals surface area (Å²) >= 11 is 0. The first-order chi connectivity index (χ1) is 12.6. The van der Waals surface area contributed by atoms with Crippen molar-refractivity contribution < 1.29 is 21.6 Å². The summed E-state index contributed by atoms with van der Waals surface area (Å²) in [6, 6.07) is 3.32. The highest BCUT2D eigenvalue weighted by Gasteiger charge is 2.37. The molecule has 1 fully saturated rings. The van der Waals surface area contributed by atoms with Gasteiger partial charge in [0.25, 0.3) is 0 Å². The number of aromatic nitrogens is 2. The fourth-order valence-corrected chi connectivity index (χ4v) is 4.54. The lowest BCUT2D eigenvalue weighted by molar-refractivity contribution is -0.137. The molecule has 0 aliphatic carbocycles. The van der Waals surface area contributed by atoms with E-state index in [2.05, 4.69) is 9.97 Å². The van der Waals surface area contributed by atoms with E-state index in [0.717, 1.165) is 6.07 Å². The summed E-state index contributed by atoms with van der Waals surface area (Å²) in [7, 11) is -2.31. The second-order valence-electron chi connectivity index (χ2n) is 6.15. The summed E-state index contributed by atoms with van der Waals surface area (Å²) in [4.78, 5) is 8.60. The molecule has 2 heterocycles. The maximum absolute atomic E-state index is 13.0. The Hall–Kier alpha value is -2.42. The van der Waals surface area contributed by atoms with Crippen molar-refractivity contribution in [2.24, 2.45) is 0 Å². The van der Waals surface area contributed by atoms with Crippen molar-refractivity contribution in [2.75, 3.05) is 26.7 Å². The maximum Gasteiger partial charge on any atom is 0.416 e. The second kappa shape index (κ2) is 6.95. The minimum Gasteiger partial charge on any atom is -0.347 e. The van der Waals surface area contributed by atoms with Crippen molar-refractivity contribution in [2.45, 2.75) is 17.1 Å². The number of halogens is 3. The third kappa shape index (κ3) is 3.69. The average Bonchev–Trinajstić information content (AvgIpc) is 3.15. The summed E-state index contributed by atoms with van der Waals surface area (Å²) in [5.74, 6) is 0.588. The first kappa shape index (κ1) is 19.3. The number of benzene rings is 1. The van der Waals surface area contributed by atoms with E-state index in [1.165, 1.54) is 4.31 Å². The van der Waals surface area contributed by atoms with E-state index in [1.807, 2.05) is 11.9 Å². The van der Waals surface area contributed by atoms with Crippen LogP contribution in [0.15, 0.2) is 35.5 Å². The zero-order valence-corrected chi connectivity index (χ0v) is 15.0. The van der Waals surface area contributed by atoms with Crippen LogP contribution in [0, 0.1) is 11.3 Å². The van der Waals surface area contributed by atoms with E-state index in [4.69, 9.17) is 0 Å². The molecule has 0 bridgehead atoms. The lowest BCUT2D eigenvalue weighted by atomic mass is 10.1. The van der Waals surface area contributed by atoms with Gasteiger partial charge in [0.05, 0.1) is 22.1 Å². The highest BCUT2D eigenvalue weighted by molar-refractivity contribution is 7.89. The topological polar surface area (TPSA) is 93.1 Å². The molecule has 27 heavy (non-hydrogen) atoms. The number of nitriles is 1. The molecule has 1 aromatic carbocycles. The minimum atomic E-state index is -4.66. The summed E-state index contributed by atoms with van der Waals surface area (Å²) in [6.45, 7) is 0.632. The molecule has 1 aliphatic rings. The largest absolute Gasteiger partial charge is 0.416 e. The van der Waals surface area contributed by atoms with Gasteiger partial charge in [-0.2, -0.15) is 22.7 Å². The van der Waals surface area contributed by atoms with Crippen molar-refractivity contribution in [3.63, 3.8) is 0 Å². The molecule has 1 aliphatic heterocycles. The van der Waals surface area contributed by atoms with Gasteiger partial charge in [-0.15, -0.1) is 0 Å². The number of nitrogens with zero attached hydrogens (tertiary/aromatic N) is 4.